The van der Waals surface area contributed by atoms with Gasteiger partial charge < -0.3 is 9.47 Å². The highest BCUT2D eigenvalue weighted by Crippen LogP contribution is 2.14. The average Bonchev–Trinajstić information content (AvgIpc) is 2.52. The summed E-state index contributed by atoms with van der Waals surface area (Å²) in [5.41, 5.74) is 2.37. The fourth-order valence-corrected chi connectivity index (χ4v) is 1.83. The number of rotatable bonds is 7. The zero-order valence-electron chi connectivity index (χ0n) is 11.8. The summed E-state index contributed by atoms with van der Waals surface area (Å²) in [6.07, 6.45) is 5.12. The molecule has 0 heterocycles. The van der Waals surface area contributed by atoms with Gasteiger partial charge in [0, 0.05) is 20.1 Å². The fraction of sp³-hybridized carbons (Fsp3) is 0.222. The van der Waals surface area contributed by atoms with Crippen molar-refractivity contribution < 1.29 is 9.47 Å². The Morgan fingerprint density at radius 1 is 0.800 bits per heavy atom. The minimum Gasteiger partial charge on any atom is -0.494 e. The van der Waals surface area contributed by atoms with E-state index in [9.17, 15) is 0 Å². The summed E-state index contributed by atoms with van der Waals surface area (Å²) in [6.45, 7) is 1.42. The molecule has 2 aromatic carbocycles. The first-order chi connectivity index (χ1) is 9.88. The van der Waals surface area contributed by atoms with Crippen LogP contribution < -0.4 is 4.74 Å². The Kier molecular flexibility index (Phi) is 5.87. The molecule has 0 N–H and O–H groups in total. The van der Waals surface area contributed by atoms with Crippen LogP contribution in [0.3, 0.4) is 0 Å². The molecule has 2 rings (SSSR count). The maximum Gasteiger partial charge on any atom is 0.119 e. The molecule has 0 aromatic heterocycles. The van der Waals surface area contributed by atoms with Gasteiger partial charge in [0.2, 0.25) is 0 Å². The van der Waals surface area contributed by atoms with Crippen molar-refractivity contribution in [2.24, 2.45) is 0 Å². The number of ether oxygens (including phenoxy) is 2. The van der Waals surface area contributed by atoms with E-state index in [4.69, 9.17) is 9.47 Å². The van der Waals surface area contributed by atoms with Gasteiger partial charge in [-0.25, -0.2) is 0 Å². The van der Waals surface area contributed by atoms with E-state index in [-0.39, 0.29) is 0 Å². The molecule has 0 unspecified atom stereocenters. The van der Waals surface area contributed by atoms with Gasteiger partial charge in [-0.05, 0) is 23.3 Å². The summed E-state index contributed by atoms with van der Waals surface area (Å²) in [7, 11) is 1.70. The third-order valence-electron chi connectivity index (χ3n) is 2.91. The van der Waals surface area contributed by atoms with Gasteiger partial charge in [0.1, 0.15) is 5.75 Å². The molecule has 2 nitrogen and oxygen atoms in total. The summed E-state index contributed by atoms with van der Waals surface area (Å²) in [4.78, 5) is 0. The summed E-state index contributed by atoms with van der Waals surface area (Å²) in [6, 6.07) is 18.4. The van der Waals surface area contributed by atoms with Gasteiger partial charge >= 0.3 is 0 Å². The summed E-state index contributed by atoms with van der Waals surface area (Å²) >= 11 is 0. The van der Waals surface area contributed by atoms with Gasteiger partial charge in [0.25, 0.3) is 0 Å². The molecular formula is C18H20O2. The molecule has 0 aliphatic carbocycles. The standard InChI is InChI=1S/C18H20O2/c1-19-14-5-15-20-18-12-10-17(11-13-18)9-8-16-6-3-2-4-7-16/h2-4,6-13H,5,14-15H2,1H3. The first-order valence-corrected chi connectivity index (χ1v) is 6.83. The van der Waals surface area contributed by atoms with E-state index in [1.54, 1.807) is 7.11 Å². The smallest absolute Gasteiger partial charge is 0.119 e. The second-order valence-corrected chi connectivity index (χ2v) is 4.51. The second kappa shape index (κ2) is 8.18. The van der Waals surface area contributed by atoms with Crippen LogP contribution in [0.15, 0.2) is 54.6 Å². The Morgan fingerprint density at radius 2 is 1.45 bits per heavy atom. The fourth-order valence-electron chi connectivity index (χ4n) is 1.83. The van der Waals surface area contributed by atoms with E-state index in [0.29, 0.717) is 6.61 Å². The molecule has 20 heavy (non-hydrogen) atoms. The van der Waals surface area contributed by atoms with E-state index in [2.05, 4.69) is 36.4 Å². The van der Waals surface area contributed by atoms with Crippen molar-refractivity contribution in [2.75, 3.05) is 20.3 Å². The molecule has 0 atom stereocenters. The van der Waals surface area contributed by atoms with Crippen molar-refractivity contribution in [3.05, 3.63) is 65.7 Å². The van der Waals surface area contributed by atoms with E-state index < -0.39 is 0 Å². The highest BCUT2D eigenvalue weighted by Gasteiger charge is 1.94. The molecule has 0 fully saturated rings. The first-order valence-electron chi connectivity index (χ1n) is 6.83. The zero-order chi connectivity index (χ0) is 14.0. The number of benzene rings is 2. The van der Waals surface area contributed by atoms with Crippen molar-refractivity contribution >= 4 is 12.2 Å². The third kappa shape index (κ3) is 4.90. The summed E-state index contributed by atoms with van der Waals surface area (Å²) in [5.74, 6) is 0.901. The summed E-state index contributed by atoms with van der Waals surface area (Å²) in [5, 5.41) is 0. The molecule has 2 aromatic rings. The van der Waals surface area contributed by atoms with Gasteiger partial charge in [-0.2, -0.15) is 0 Å². The molecule has 0 aliphatic rings. The Balaban J connectivity index is 1.87. The Bertz CT molecular complexity index is 515. The highest BCUT2D eigenvalue weighted by atomic mass is 16.5. The molecule has 0 saturated carbocycles. The first kappa shape index (κ1) is 14.4. The Hall–Kier alpha value is -2.06. The van der Waals surface area contributed by atoms with Crippen LogP contribution in [0.5, 0.6) is 5.75 Å². The normalized spacial score (nSPS) is 10.8. The Morgan fingerprint density at radius 3 is 2.10 bits per heavy atom. The second-order valence-electron chi connectivity index (χ2n) is 4.51. The zero-order valence-corrected chi connectivity index (χ0v) is 11.8. The van der Waals surface area contributed by atoms with Crippen LogP contribution in [0.1, 0.15) is 17.5 Å². The maximum atomic E-state index is 5.62. The third-order valence-corrected chi connectivity index (χ3v) is 2.91. The van der Waals surface area contributed by atoms with Crippen LogP contribution in [0, 0.1) is 0 Å². The predicted octanol–water partition coefficient (Wildman–Crippen LogP) is 4.27. The van der Waals surface area contributed by atoms with Gasteiger partial charge in [-0.3, -0.25) is 0 Å². The van der Waals surface area contributed by atoms with Crippen molar-refractivity contribution in [2.45, 2.75) is 6.42 Å². The molecule has 0 bridgehead atoms. The minimum atomic E-state index is 0.688. The van der Waals surface area contributed by atoms with Crippen LogP contribution in [0.2, 0.25) is 0 Å². The van der Waals surface area contributed by atoms with Gasteiger partial charge in [0.15, 0.2) is 0 Å². The van der Waals surface area contributed by atoms with E-state index in [0.717, 1.165) is 24.3 Å². The van der Waals surface area contributed by atoms with Crippen LogP contribution in [-0.4, -0.2) is 20.3 Å². The molecule has 2 heteroatoms. The van der Waals surface area contributed by atoms with Crippen LogP contribution in [0.25, 0.3) is 12.2 Å². The van der Waals surface area contributed by atoms with Crippen molar-refractivity contribution in [1.82, 2.24) is 0 Å². The monoisotopic (exact) mass is 268 g/mol. The lowest BCUT2D eigenvalue weighted by Gasteiger charge is -2.05. The minimum absolute atomic E-state index is 0.688. The SMILES string of the molecule is COCCCOc1ccc(C=Cc2ccccc2)cc1. The van der Waals surface area contributed by atoms with E-state index in [1.165, 1.54) is 5.56 Å². The lowest BCUT2D eigenvalue weighted by atomic mass is 10.1. The van der Waals surface area contributed by atoms with Crippen molar-refractivity contribution in [3.8, 4) is 5.75 Å². The van der Waals surface area contributed by atoms with Gasteiger partial charge in [-0.15, -0.1) is 0 Å². The number of hydrogen-bond acceptors (Lipinski definition) is 2. The predicted molar refractivity (Wildman–Crippen MR) is 83.8 cm³/mol. The Labute approximate surface area is 120 Å². The molecule has 0 saturated heterocycles. The van der Waals surface area contributed by atoms with Gasteiger partial charge in [-0.1, -0.05) is 54.6 Å². The lowest BCUT2D eigenvalue weighted by Crippen LogP contribution is -2.00. The molecule has 0 amide bonds. The molecule has 0 radical (unpaired) electrons. The van der Waals surface area contributed by atoms with E-state index >= 15 is 0 Å². The van der Waals surface area contributed by atoms with E-state index in [1.807, 2.05) is 30.3 Å². The van der Waals surface area contributed by atoms with Crippen molar-refractivity contribution in [3.63, 3.8) is 0 Å². The van der Waals surface area contributed by atoms with Crippen LogP contribution >= 0.6 is 0 Å². The quantitative estimate of drug-likeness (QED) is 0.551. The summed E-state index contributed by atoms with van der Waals surface area (Å²) < 4.78 is 10.6. The average molecular weight is 268 g/mol. The lowest BCUT2D eigenvalue weighted by molar-refractivity contribution is 0.172. The molecule has 104 valence electrons. The van der Waals surface area contributed by atoms with Gasteiger partial charge in [0.05, 0.1) is 6.61 Å². The van der Waals surface area contributed by atoms with Crippen LogP contribution in [0.4, 0.5) is 0 Å². The number of hydrogen-bond donors (Lipinski definition) is 0. The van der Waals surface area contributed by atoms with Crippen molar-refractivity contribution in [1.29, 1.82) is 0 Å². The largest absolute Gasteiger partial charge is 0.494 e. The molecule has 0 aliphatic heterocycles. The highest BCUT2D eigenvalue weighted by molar-refractivity contribution is 5.69. The maximum absolute atomic E-state index is 5.62. The number of methoxy groups -OCH3 is 1. The van der Waals surface area contributed by atoms with Crippen LogP contribution in [-0.2, 0) is 4.74 Å². The topological polar surface area (TPSA) is 18.5 Å². The molecule has 0 spiro atoms. The molecular weight excluding hydrogens is 248 g/mol.